The van der Waals surface area contributed by atoms with E-state index in [9.17, 15) is 14.7 Å². The van der Waals surface area contributed by atoms with Gasteiger partial charge >= 0.3 is 35.5 Å². The standard InChI is InChI=1S/C6H8O4.Na/c1-2-10-6(9)5(8)3-4-7;/h3-4,7H,2H2,1H3;/q;+1/p-1. The van der Waals surface area contributed by atoms with Gasteiger partial charge in [0.15, 0.2) is 0 Å². The van der Waals surface area contributed by atoms with Crippen LogP contribution in [0.3, 0.4) is 0 Å². The second-order valence-electron chi connectivity index (χ2n) is 1.39. The second kappa shape index (κ2) is 7.78. The third-order valence-corrected chi connectivity index (χ3v) is 0.696. The minimum atomic E-state index is -0.991. The Kier molecular flexibility index (Phi) is 9.40. The van der Waals surface area contributed by atoms with Crippen molar-refractivity contribution in [3.8, 4) is 0 Å². The monoisotopic (exact) mass is 166 g/mol. The average Bonchev–Trinajstić information content (AvgIpc) is 1.89. The number of ketones is 1. The maximum Gasteiger partial charge on any atom is 1.00 e. The molecule has 0 amide bonds. The first-order chi connectivity index (χ1) is 4.72. The second-order valence-corrected chi connectivity index (χ2v) is 1.39. The predicted octanol–water partition coefficient (Wildman–Crippen LogP) is -4.00. The molecule has 4 nitrogen and oxygen atoms in total. The molecule has 0 N–H and O–H groups in total. The minimum absolute atomic E-state index is 0. The van der Waals surface area contributed by atoms with Crippen molar-refractivity contribution in [2.24, 2.45) is 0 Å². The topological polar surface area (TPSA) is 66.4 Å². The molecule has 0 spiro atoms. The van der Waals surface area contributed by atoms with E-state index in [0.717, 1.165) is 0 Å². The van der Waals surface area contributed by atoms with Crippen LogP contribution in [0.5, 0.6) is 0 Å². The van der Waals surface area contributed by atoms with Crippen LogP contribution in [-0.4, -0.2) is 18.4 Å². The van der Waals surface area contributed by atoms with Gasteiger partial charge in [-0.2, -0.15) is 0 Å². The number of hydrogen-bond acceptors (Lipinski definition) is 4. The van der Waals surface area contributed by atoms with Crippen LogP contribution in [0.2, 0.25) is 0 Å². The van der Waals surface area contributed by atoms with Gasteiger partial charge in [-0.3, -0.25) is 4.79 Å². The zero-order chi connectivity index (χ0) is 7.98. The van der Waals surface area contributed by atoms with Gasteiger partial charge in [0.2, 0.25) is 0 Å². The summed E-state index contributed by atoms with van der Waals surface area (Å²) in [7, 11) is 0. The summed E-state index contributed by atoms with van der Waals surface area (Å²) in [5, 5.41) is 9.64. The fourth-order valence-corrected chi connectivity index (χ4v) is 0.332. The summed E-state index contributed by atoms with van der Waals surface area (Å²) >= 11 is 0. The van der Waals surface area contributed by atoms with Crippen LogP contribution in [0, 0.1) is 0 Å². The van der Waals surface area contributed by atoms with Gasteiger partial charge in [-0.15, -0.1) is 6.26 Å². The van der Waals surface area contributed by atoms with E-state index >= 15 is 0 Å². The van der Waals surface area contributed by atoms with Crippen LogP contribution >= 0.6 is 0 Å². The van der Waals surface area contributed by atoms with Gasteiger partial charge in [0, 0.05) is 0 Å². The molecular formula is C6H7NaO4. The number of ether oxygens (including phenoxy) is 1. The molecule has 0 aromatic rings. The number of carbonyl (C=O) groups is 2. The van der Waals surface area contributed by atoms with Gasteiger partial charge in [-0.1, -0.05) is 0 Å². The third-order valence-electron chi connectivity index (χ3n) is 0.696. The summed E-state index contributed by atoms with van der Waals surface area (Å²) in [6, 6.07) is 0. The number of carbonyl (C=O) groups excluding carboxylic acids is 2. The van der Waals surface area contributed by atoms with E-state index in [0.29, 0.717) is 6.08 Å². The van der Waals surface area contributed by atoms with Crippen LogP contribution in [-0.2, 0) is 14.3 Å². The van der Waals surface area contributed by atoms with Crippen molar-refractivity contribution >= 4 is 11.8 Å². The van der Waals surface area contributed by atoms with Gasteiger partial charge in [0.1, 0.15) is 0 Å². The first kappa shape index (κ1) is 13.3. The normalized spacial score (nSPS) is 8.82. The van der Waals surface area contributed by atoms with E-state index in [-0.39, 0.29) is 42.4 Å². The molecule has 11 heavy (non-hydrogen) atoms. The molecule has 0 atom stereocenters. The SMILES string of the molecule is CCOC(=O)C(=O)C=C[O-].[Na+]. The van der Waals surface area contributed by atoms with E-state index in [2.05, 4.69) is 4.74 Å². The molecule has 0 aromatic carbocycles. The van der Waals surface area contributed by atoms with Crippen LogP contribution in [0.25, 0.3) is 0 Å². The van der Waals surface area contributed by atoms with Crippen LogP contribution in [0.4, 0.5) is 0 Å². The number of rotatable bonds is 3. The van der Waals surface area contributed by atoms with E-state index in [1.165, 1.54) is 0 Å². The Morgan fingerprint density at radius 1 is 1.55 bits per heavy atom. The molecule has 0 bridgehead atoms. The quantitative estimate of drug-likeness (QED) is 0.141. The first-order valence-corrected chi connectivity index (χ1v) is 2.72. The van der Waals surface area contributed by atoms with Gasteiger partial charge in [-0.05, 0) is 13.0 Å². The Labute approximate surface area is 86.5 Å². The first-order valence-electron chi connectivity index (χ1n) is 2.72. The van der Waals surface area contributed by atoms with E-state index in [1.54, 1.807) is 6.92 Å². The minimum Gasteiger partial charge on any atom is -0.878 e. The maximum atomic E-state index is 10.4. The van der Waals surface area contributed by atoms with Crippen molar-refractivity contribution in [3.05, 3.63) is 12.3 Å². The summed E-state index contributed by atoms with van der Waals surface area (Å²) in [5.41, 5.74) is 0. The summed E-state index contributed by atoms with van der Waals surface area (Å²) < 4.78 is 4.28. The Bertz CT molecular complexity index is 164. The summed E-state index contributed by atoms with van der Waals surface area (Å²) in [4.78, 5) is 20.7. The van der Waals surface area contributed by atoms with Gasteiger partial charge < -0.3 is 9.84 Å². The maximum absolute atomic E-state index is 10.4. The largest absolute Gasteiger partial charge is 1.00 e. The Morgan fingerprint density at radius 3 is 2.45 bits per heavy atom. The van der Waals surface area contributed by atoms with E-state index < -0.39 is 11.8 Å². The molecule has 56 valence electrons. The summed E-state index contributed by atoms with van der Waals surface area (Å²) in [6.45, 7) is 1.71. The van der Waals surface area contributed by atoms with Crippen molar-refractivity contribution in [2.45, 2.75) is 6.92 Å². The molecule has 0 fully saturated rings. The molecule has 0 rings (SSSR count). The Balaban J connectivity index is 0. The summed E-state index contributed by atoms with van der Waals surface area (Å²) in [6.07, 6.45) is 0.872. The molecule has 0 aliphatic carbocycles. The van der Waals surface area contributed by atoms with Crippen molar-refractivity contribution in [1.82, 2.24) is 0 Å². The molecule has 0 aliphatic heterocycles. The Hall–Kier alpha value is -0.320. The molecule has 0 unspecified atom stereocenters. The fraction of sp³-hybridized carbons (Fsp3) is 0.333. The average molecular weight is 166 g/mol. The molecular weight excluding hydrogens is 159 g/mol. The smallest absolute Gasteiger partial charge is 0.878 e. The van der Waals surface area contributed by atoms with Crippen molar-refractivity contribution in [3.63, 3.8) is 0 Å². The molecule has 0 radical (unpaired) electrons. The molecule has 0 aromatic heterocycles. The van der Waals surface area contributed by atoms with Crippen LogP contribution < -0.4 is 34.7 Å². The van der Waals surface area contributed by atoms with Gasteiger partial charge in [0.05, 0.1) is 6.61 Å². The molecule has 0 saturated heterocycles. The van der Waals surface area contributed by atoms with Crippen molar-refractivity contribution in [2.75, 3.05) is 6.61 Å². The number of esters is 1. The van der Waals surface area contributed by atoms with Crippen LogP contribution in [0.1, 0.15) is 6.92 Å². The van der Waals surface area contributed by atoms with Gasteiger partial charge in [-0.25, -0.2) is 4.79 Å². The van der Waals surface area contributed by atoms with Crippen molar-refractivity contribution < 1.29 is 49.0 Å². The molecule has 0 aliphatic rings. The summed E-state index contributed by atoms with van der Waals surface area (Å²) in [5.74, 6) is -1.91. The van der Waals surface area contributed by atoms with Crippen LogP contribution in [0.15, 0.2) is 12.3 Å². The predicted molar refractivity (Wildman–Crippen MR) is 30.8 cm³/mol. The molecule has 0 heterocycles. The third kappa shape index (κ3) is 6.09. The Morgan fingerprint density at radius 2 is 2.09 bits per heavy atom. The zero-order valence-electron chi connectivity index (χ0n) is 6.49. The fourth-order valence-electron chi connectivity index (χ4n) is 0.332. The van der Waals surface area contributed by atoms with E-state index in [1.807, 2.05) is 0 Å². The zero-order valence-corrected chi connectivity index (χ0v) is 8.49. The van der Waals surface area contributed by atoms with Gasteiger partial charge in [0.25, 0.3) is 5.78 Å². The molecule has 5 heteroatoms. The molecule has 0 saturated carbocycles. The van der Waals surface area contributed by atoms with Crippen molar-refractivity contribution in [1.29, 1.82) is 0 Å². The number of hydrogen-bond donors (Lipinski definition) is 0. The van der Waals surface area contributed by atoms with E-state index in [4.69, 9.17) is 0 Å².